The minimum Gasteiger partial charge on any atom is -0.325 e. The van der Waals surface area contributed by atoms with Crippen LogP contribution in [0, 0.1) is 25.2 Å². The lowest BCUT2D eigenvalue weighted by Crippen LogP contribution is -2.38. The molecule has 0 unspecified atom stereocenters. The van der Waals surface area contributed by atoms with Crippen molar-refractivity contribution < 1.29 is 13.2 Å². The van der Waals surface area contributed by atoms with Gasteiger partial charge in [0.1, 0.15) is 6.54 Å². The predicted molar refractivity (Wildman–Crippen MR) is 126 cm³/mol. The number of halogens is 1. The van der Waals surface area contributed by atoms with Crippen molar-refractivity contribution >= 4 is 38.9 Å². The monoisotopic (exact) mass is 467 g/mol. The maximum Gasteiger partial charge on any atom is 0.264 e. The molecule has 0 aliphatic rings. The Hall–Kier alpha value is -3.34. The molecule has 0 radical (unpaired) electrons. The Kier molecular flexibility index (Phi) is 7.18. The number of carbonyl (C=O) groups is 1. The second-order valence-corrected chi connectivity index (χ2v) is 9.63. The second-order valence-electron chi connectivity index (χ2n) is 7.34. The molecular formula is C24H22ClN3O3S. The SMILES string of the molecule is Cc1ccc(S(=O)(=O)N(CC(=O)Nc2ccc(CC#N)cc2)c2cc(Cl)ccc2C)cc1. The molecule has 0 atom stereocenters. The van der Waals surface area contributed by atoms with E-state index in [1.165, 1.54) is 18.2 Å². The zero-order chi connectivity index (χ0) is 23.3. The summed E-state index contributed by atoms with van der Waals surface area (Å²) in [5, 5.41) is 11.9. The molecule has 8 heteroatoms. The molecule has 1 N–H and O–H groups in total. The van der Waals surface area contributed by atoms with E-state index in [9.17, 15) is 13.2 Å². The standard InChI is InChI=1S/C24H22ClN3O3S/c1-17-3-11-22(12-4-17)32(30,31)28(23-15-20(25)8-5-18(23)2)16-24(29)27-21-9-6-19(7-10-21)13-14-26/h3-12,15H,13,16H2,1-2H3,(H,27,29). The summed E-state index contributed by atoms with van der Waals surface area (Å²) in [6, 6.07) is 20.2. The van der Waals surface area contributed by atoms with Crippen molar-refractivity contribution in [2.75, 3.05) is 16.2 Å². The van der Waals surface area contributed by atoms with Crippen LogP contribution in [0.25, 0.3) is 0 Å². The van der Waals surface area contributed by atoms with E-state index in [0.717, 1.165) is 15.4 Å². The van der Waals surface area contributed by atoms with Crippen LogP contribution < -0.4 is 9.62 Å². The van der Waals surface area contributed by atoms with Crippen molar-refractivity contribution in [2.24, 2.45) is 0 Å². The molecular weight excluding hydrogens is 446 g/mol. The summed E-state index contributed by atoms with van der Waals surface area (Å²) < 4.78 is 28.0. The minimum absolute atomic E-state index is 0.0798. The first-order chi connectivity index (χ1) is 15.2. The Bertz CT molecular complexity index is 1270. The first-order valence-electron chi connectivity index (χ1n) is 9.82. The summed E-state index contributed by atoms with van der Waals surface area (Å²) in [6.07, 6.45) is 0.269. The number of rotatable bonds is 7. The fraction of sp³-hybridized carbons (Fsp3) is 0.167. The highest BCUT2D eigenvalue weighted by molar-refractivity contribution is 7.92. The van der Waals surface area contributed by atoms with E-state index in [-0.39, 0.29) is 11.3 Å². The topological polar surface area (TPSA) is 90.3 Å². The summed E-state index contributed by atoms with van der Waals surface area (Å²) in [4.78, 5) is 12.9. The number of nitrogens with one attached hydrogen (secondary N) is 1. The third kappa shape index (κ3) is 5.47. The van der Waals surface area contributed by atoms with E-state index < -0.39 is 22.5 Å². The first-order valence-corrected chi connectivity index (χ1v) is 11.6. The molecule has 0 aliphatic carbocycles. The van der Waals surface area contributed by atoms with Gasteiger partial charge in [0.15, 0.2) is 0 Å². The summed E-state index contributed by atoms with van der Waals surface area (Å²) in [7, 11) is -4.03. The Morgan fingerprint density at radius 3 is 2.31 bits per heavy atom. The zero-order valence-corrected chi connectivity index (χ0v) is 19.2. The number of amides is 1. The molecule has 0 fully saturated rings. The maximum absolute atomic E-state index is 13.5. The molecule has 1 amide bonds. The number of hydrogen-bond donors (Lipinski definition) is 1. The Balaban J connectivity index is 1.94. The van der Waals surface area contributed by atoms with Crippen molar-refractivity contribution in [3.63, 3.8) is 0 Å². The minimum atomic E-state index is -4.03. The van der Waals surface area contributed by atoms with Crippen LogP contribution in [0.2, 0.25) is 5.02 Å². The molecule has 0 saturated heterocycles. The molecule has 0 heterocycles. The van der Waals surface area contributed by atoms with E-state index >= 15 is 0 Å². The van der Waals surface area contributed by atoms with Crippen molar-refractivity contribution in [1.82, 2.24) is 0 Å². The maximum atomic E-state index is 13.5. The third-order valence-corrected chi connectivity index (χ3v) is 6.87. The van der Waals surface area contributed by atoms with Gasteiger partial charge >= 0.3 is 0 Å². The lowest BCUT2D eigenvalue weighted by Gasteiger charge is -2.26. The quantitative estimate of drug-likeness (QED) is 0.537. The molecule has 3 rings (SSSR count). The van der Waals surface area contributed by atoms with Gasteiger partial charge < -0.3 is 5.32 Å². The van der Waals surface area contributed by atoms with Crippen LogP contribution in [0.5, 0.6) is 0 Å². The summed E-state index contributed by atoms with van der Waals surface area (Å²) in [5.41, 5.74) is 3.25. The summed E-state index contributed by atoms with van der Waals surface area (Å²) in [5.74, 6) is -0.506. The Labute approximate surface area is 193 Å². The summed E-state index contributed by atoms with van der Waals surface area (Å²) >= 11 is 6.14. The third-order valence-electron chi connectivity index (χ3n) is 4.86. The van der Waals surface area contributed by atoms with E-state index in [1.54, 1.807) is 55.5 Å². The van der Waals surface area contributed by atoms with Gasteiger partial charge in [-0.25, -0.2) is 8.42 Å². The fourth-order valence-electron chi connectivity index (χ4n) is 3.12. The number of nitrogens with zero attached hydrogens (tertiary/aromatic N) is 2. The van der Waals surface area contributed by atoms with Crippen LogP contribution in [0.1, 0.15) is 16.7 Å². The van der Waals surface area contributed by atoms with Gasteiger partial charge in [-0.3, -0.25) is 9.10 Å². The van der Waals surface area contributed by atoms with Gasteiger partial charge in [-0.15, -0.1) is 0 Å². The van der Waals surface area contributed by atoms with Crippen LogP contribution in [-0.4, -0.2) is 20.9 Å². The van der Waals surface area contributed by atoms with Crippen molar-refractivity contribution in [3.05, 3.63) is 88.4 Å². The van der Waals surface area contributed by atoms with E-state index in [1.807, 2.05) is 6.92 Å². The number of sulfonamides is 1. The molecule has 0 aromatic heterocycles. The molecule has 0 spiro atoms. The number of anilines is 2. The average Bonchev–Trinajstić information content (AvgIpc) is 2.76. The van der Waals surface area contributed by atoms with Gasteiger partial charge in [-0.05, 0) is 61.4 Å². The van der Waals surface area contributed by atoms with Crippen LogP contribution in [-0.2, 0) is 21.2 Å². The van der Waals surface area contributed by atoms with E-state index in [0.29, 0.717) is 22.0 Å². The van der Waals surface area contributed by atoms with Crippen molar-refractivity contribution in [2.45, 2.75) is 25.2 Å². The number of hydrogen-bond acceptors (Lipinski definition) is 4. The van der Waals surface area contributed by atoms with E-state index in [4.69, 9.17) is 16.9 Å². The lowest BCUT2D eigenvalue weighted by atomic mass is 10.1. The van der Waals surface area contributed by atoms with Gasteiger partial charge in [0.25, 0.3) is 10.0 Å². The number of benzene rings is 3. The Morgan fingerprint density at radius 2 is 1.69 bits per heavy atom. The van der Waals surface area contributed by atoms with Crippen molar-refractivity contribution in [1.29, 1.82) is 5.26 Å². The van der Waals surface area contributed by atoms with Gasteiger partial charge in [0.05, 0.1) is 23.1 Å². The largest absolute Gasteiger partial charge is 0.325 e. The van der Waals surface area contributed by atoms with Crippen molar-refractivity contribution in [3.8, 4) is 6.07 Å². The Morgan fingerprint density at radius 1 is 1.03 bits per heavy atom. The van der Waals surface area contributed by atoms with Gasteiger partial charge in [0.2, 0.25) is 5.91 Å². The molecule has 0 saturated carbocycles. The first kappa shape index (κ1) is 23.3. The predicted octanol–water partition coefficient (Wildman–Crippen LogP) is 4.86. The van der Waals surface area contributed by atoms with Crippen LogP contribution >= 0.6 is 11.6 Å². The van der Waals surface area contributed by atoms with Crippen LogP contribution in [0.4, 0.5) is 11.4 Å². The fourth-order valence-corrected chi connectivity index (χ4v) is 4.76. The molecule has 32 heavy (non-hydrogen) atoms. The smallest absolute Gasteiger partial charge is 0.264 e. The highest BCUT2D eigenvalue weighted by Gasteiger charge is 2.28. The molecule has 6 nitrogen and oxygen atoms in total. The van der Waals surface area contributed by atoms with Gasteiger partial charge in [-0.2, -0.15) is 5.26 Å². The summed E-state index contributed by atoms with van der Waals surface area (Å²) in [6.45, 7) is 3.19. The average molecular weight is 468 g/mol. The molecule has 164 valence electrons. The zero-order valence-electron chi connectivity index (χ0n) is 17.7. The second kappa shape index (κ2) is 9.86. The molecule has 3 aromatic carbocycles. The molecule has 3 aromatic rings. The van der Waals surface area contributed by atoms with Crippen LogP contribution in [0.15, 0.2) is 71.6 Å². The normalized spacial score (nSPS) is 10.9. The highest BCUT2D eigenvalue weighted by atomic mass is 35.5. The van der Waals surface area contributed by atoms with E-state index in [2.05, 4.69) is 11.4 Å². The number of nitriles is 1. The lowest BCUT2D eigenvalue weighted by molar-refractivity contribution is -0.114. The van der Waals surface area contributed by atoms with Crippen LogP contribution in [0.3, 0.4) is 0 Å². The van der Waals surface area contributed by atoms with Gasteiger partial charge in [0, 0.05) is 10.7 Å². The number of carbonyl (C=O) groups excluding carboxylic acids is 1. The molecule has 0 aliphatic heterocycles. The van der Waals surface area contributed by atoms with Gasteiger partial charge in [-0.1, -0.05) is 47.5 Å². The molecule has 0 bridgehead atoms. The highest BCUT2D eigenvalue weighted by Crippen LogP contribution is 2.29. The number of aryl methyl sites for hydroxylation is 2.